The van der Waals surface area contributed by atoms with Gasteiger partial charge in [-0.2, -0.15) is 0 Å². The molecule has 0 saturated heterocycles. The van der Waals surface area contributed by atoms with Crippen molar-refractivity contribution in [3.63, 3.8) is 0 Å². The molecule has 98 valence electrons. The molecule has 1 amide bonds. The number of hydrogen-bond acceptors (Lipinski definition) is 3. The van der Waals surface area contributed by atoms with E-state index in [0.29, 0.717) is 28.7 Å². The van der Waals surface area contributed by atoms with Crippen LogP contribution in [0.2, 0.25) is 5.02 Å². The number of nitrogens with two attached hydrogens (primary N) is 2. The number of amides is 1. The van der Waals surface area contributed by atoms with Crippen LogP contribution in [0.4, 0.5) is 5.69 Å². The van der Waals surface area contributed by atoms with Crippen molar-refractivity contribution in [3.05, 3.63) is 28.8 Å². The van der Waals surface area contributed by atoms with Gasteiger partial charge in [-0.05, 0) is 43.9 Å². The third-order valence-electron chi connectivity index (χ3n) is 3.57. The SMILES string of the molecule is CC(CN)(Nc1cc(Cl)ccc1C(N)=O)C1CC1. The molecule has 0 radical (unpaired) electrons. The van der Waals surface area contributed by atoms with Gasteiger partial charge in [-0.1, -0.05) is 11.6 Å². The predicted octanol–water partition coefficient (Wildman–Crippen LogP) is 1.98. The fraction of sp³-hybridized carbons (Fsp3) is 0.462. The van der Waals surface area contributed by atoms with Crippen molar-refractivity contribution in [3.8, 4) is 0 Å². The molecule has 1 aliphatic rings. The first-order valence-corrected chi connectivity index (χ1v) is 6.41. The lowest BCUT2D eigenvalue weighted by Crippen LogP contribution is -2.45. The Labute approximate surface area is 112 Å². The maximum absolute atomic E-state index is 11.4. The van der Waals surface area contributed by atoms with Crippen LogP contribution in [0.15, 0.2) is 18.2 Å². The highest BCUT2D eigenvalue weighted by Gasteiger charge is 2.40. The number of carbonyl (C=O) groups excluding carboxylic acids is 1. The van der Waals surface area contributed by atoms with E-state index in [4.69, 9.17) is 23.1 Å². The molecule has 1 fully saturated rings. The number of halogens is 1. The smallest absolute Gasteiger partial charge is 0.250 e. The first-order chi connectivity index (χ1) is 8.46. The zero-order valence-electron chi connectivity index (χ0n) is 10.4. The molecule has 1 aliphatic carbocycles. The van der Waals surface area contributed by atoms with Gasteiger partial charge in [-0.15, -0.1) is 0 Å². The lowest BCUT2D eigenvalue weighted by Gasteiger charge is -2.31. The van der Waals surface area contributed by atoms with Gasteiger partial charge in [-0.3, -0.25) is 4.79 Å². The van der Waals surface area contributed by atoms with E-state index in [1.54, 1.807) is 18.2 Å². The molecule has 1 aromatic carbocycles. The van der Waals surface area contributed by atoms with E-state index < -0.39 is 5.91 Å². The van der Waals surface area contributed by atoms with Crippen molar-refractivity contribution >= 4 is 23.2 Å². The van der Waals surface area contributed by atoms with Crippen molar-refractivity contribution in [2.45, 2.75) is 25.3 Å². The largest absolute Gasteiger partial charge is 0.378 e. The fourth-order valence-electron chi connectivity index (χ4n) is 2.18. The van der Waals surface area contributed by atoms with Crippen molar-refractivity contribution in [2.24, 2.45) is 17.4 Å². The molecule has 1 aromatic rings. The molecule has 5 N–H and O–H groups in total. The molecule has 2 rings (SSSR count). The maximum Gasteiger partial charge on any atom is 0.250 e. The van der Waals surface area contributed by atoms with E-state index in [1.807, 2.05) is 0 Å². The number of primary amides is 1. The van der Waals surface area contributed by atoms with Gasteiger partial charge in [0.2, 0.25) is 0 Å². The summed E-state index contributed by atoms with van der Waals surface area (Å²) in [6.45, 7) is 2.57. The van der Waals surface area contributed by atoms with Crippen LogP contribution < -0.4 is 16.8 Å². The first kappa shape index (κ1) is 13.2. The van der Waals surface area contributed by atoms with Gasteiger partial charge < -0.3 is 16.8 Å². The predicted molar refractivity (Wildman–Crippen MR) is 73.8 cm³/mol. The number of rotatable bonds is 5. The molecule has 0 bridgehead atoms. The first-order valence-electron chi connectivity index (χ1n) is 6.04. The van der Waals surface area contributed by atoms with Crippen LogP contribution >= 0.6 is 11.6 Å². The summed E-state index contributed by atoms with van der Waals surface area (Å²) in [6.07, 6.45) is 2.32. The van der Waals surface area contributed by atoms with Crippen LogP contribution in [0.25, 0.3) is 0 Å². The molecule has 0 aromatic heterocycles. The minimum absolute atomic E-state index is 0.213. The summed E-state index contributed by atoms with van der Waals surface area (Å²) in [4.78, 5) is 11.4. The third-order valence-corrected chi connectivity index (χ3v) is 3.80. The lowest BCUT2D eigenvalue weighted by molar-refractivity contribution is 0.100. The Morgan fingerprint density at radius 3 is 2.72 bits per heavy atom. The average Bonchev–Trinajstić information content (AvgIpc) is 3.12. The summed E-state index contributed by atoms with van der Waals surface area (Å²) in [5, 5.41) is 3.91. The fourth-order valence-corrected chi connectivity index (χ4v) is 2.35. The number of nitrogens with one attached hydrogen (secondary N) is 1. The summed E-state index contributed by atoms with van der Waals surface area (Å²) in [5.74, 6) is 0.0755. The zero-order valence-corrected chi connectivity index (χ0v) is 11.1. The Kier molecular flexibility index (Phi) is 3.50. The Balaban J connectivity index is 2.32. The van der Waals surface area contributed by atoms with E-state index in [9.17, 15) is 4.79 Å². The molecular weight excluding hydrogens is 250 g/mol. The van der Waals surface area contributed by atoms with E-state index >= 15 is 0 Å². The zero-order chi connectivity index (χ0) is 13.3. The van der Waals surface area contributed by atoms with Crippen molar-refractivity contribution in [1.82, 2.24) is 0 Å². The molecule has 18 heavy (non-hydrogen) atoms. The average molecular weight is 268 g/mol. The van der Waals surface area contributed by atoms with Crippen LogP contribution in [0.1, 0.15) is 30.1 Å². The molecule has 1 saturated carbocycles. The lowest BCUT2D eigenvalue weighted by atomic mass is 9.95. The Hall–Kier alpha value is -1.26. The third kappa shape index (κ3) is 2.60. The van der Waals surface area contributed by atoms with Gasteiger partial charge in [0.15, 0.2) is 0 Å². The molecular formula is C13H18ClN3O. The van der Waals surface area contributed by atoms with Gasteiger partial charge in [0.1, 0.15) is 0 Å². The summed E-state index contributed by atoms with van der Waals surface area (Å²) in [6, 6.07) is 5.01. The van der Waals surface area contributed by atoms with Gasteiger partial charge in [0.25, 0.3) is 5.91 Å². The van der Waals surface area contributed by atoms with Crippen molar-refractivity contribution < 1.29 is 4.79 Å². The highest BCUT2D eigenvalue weighted by Crippen LogP contribution is 2.41. The maximum atomic E-state index is 11.4. The number of benzene rings is 1. The molecule has 0 aliphatic heterocycles. The minimum atomic E-state index is -0.468. The monoisotopic (exact) mass is 267 g/mol. The van der Waals surface area contributed by atoms with Gasteiger partial charge in [0, 0.05) is 22.8 Å². The van der Waals surface area contributed by atoms with E-state index in [0.717, 1.165) is 12.8 Å². The number of carbonyl (C=O) groups is 1. The van der Waals surface area contributed by atoms with E-state index in [1.165, 1.54) is 0 Å². The summed E-state index contributed by atoms with van der Waals surface area (Å²) < 4.78 is 0. The van der Waals surface area contributed by atoms with Crippen LogP contribution in [0.5, 0.6) is 0 Å². The summed E-state index contributed by atoms with van der Waals surface area (Å²) in [5.41, 5.74) is 12.1. The topological polar surface area (TPSA) is 81.1 Å². The van der Waals surface area contributed by atoms with Crippen LogP contribution in [-0.2, 0) is 0 Å². The van der Waals surface area contributed by atoms with Gasteiger partial charge >= 0.3 is 0 Å². The van der Waals surface area contributed by atoms with Gasteiger partial charge in [0.05, 0.1) is 5.56 Å². The number of hydrogen-bond donors (Lipinski definition) is 3. The summed E-state index contributed by atoms with van der Waals surface area (Å²) >= 11 is 5.97. The standard InChI is InChI=1S/C13H18ClN3O/c1-13(7-15,8-2-3-8)17-11-6-9(14)4-5-10(11)12(16)18/h4-6,8,17H,2-3,7,15H2,1H3,(H2,16,18). The van der Waals surface area contributed by atoms with Crippen molar-refractivity contribution in [1.29, 1.82) is 0 Å². The molecule has 0 spiro atoms. The molecule has 1 unspecified atom stereocenters. The van der Waals surface area contributed by atoms with Crippen LogP contribution in [0, 0.1) is 5.92 Å². The molecule has 5 heteroatoms. The van der Waals surface area contributed by atoms with Gasteiger partial charge in [-0.25, -0.2) is 0 Å². The Morgan fingerprint density at radius 2 is 2.22 bits per heavy atom. The van der Waals surface area contributed by atoms with Crippen LogP contribution in [-0.4, -0.2) is 18.0 Å². The molecule has 0 heterocycles. The van der Waals surface area contributed by atoms with Crippen LogP contribution in [0.3, 0.4) is 0 Å². The highest BCUT2D eigenvalue weighted by molar-refractivity contribution is 6.31. The highest BCUT2D eigenvalue weighted by atomic mass is 35.5. The Morgan fingerprint density at radius 1 is 1.56 bits per heavy atom. The molecule has 4 nitrogen and oxygen atoms in total. The Bertz CT molecular complexity index is 473. The second kappa shape index (κ2) is 4.78. The van der Waals surface area contributed by atoms with E-state index in [2.05, 4.69) is 12.2 Å². The second-order valence-electron chi connectivity index (χ2n) is 5.08. The molecule has 1 atom stereocenters. The minimum Gasteiger partial charge on any atom is -0.378 e. The second-order valence-corrected chi connectivity index (χ2v) is 5.51. The number of anilines is 1. The normalized spacial score (nSPS) is 18.2. The van der Waals surface area contributed by atoms with Crippen molar-refractivity contribution in [2.75, 3.05) is 11.9 Å². The summed E-state index contributed by atoms with van der Waals surface area (Å²) in [7, 11) is 0. The van der Waals surface area contributed by atoms with E-state index in [-0.39, 0.29) is 5.54 Å². The quantitative estimate of drug-likeness (QED) is 0.763.